The third-order valence-electron chi connectivity index (χ3n) is 4.58. The number of rotatable bonds is 3. The van der Waals surface area contributed by atoms with Gasteiger partial charge in [-0.2, -0.15) is 0 Å². The molecule has 0 spiro atoms. The summed E-state index contributed by atoms with van der Waals surface area (Å²) in [6.45, 7) is 0. The zero-order valence-electron chi connectivity index (χ0n) is 13.2. The lowest BCUT2D eigenvalue weighted by molar-refractivity contribution is -0.133. The van der Waals surface area contributed by atoms with Crippen molar-refractivity contribution in [1.29, 1.82) is 0 Å². The summed E-state index contributed by atoms with van der Waals surface area (Å²) in [6.07, 6.45) is 2.33. The van der Waals surface area contributed by atoms with Crippen molar-refractivity contribution in [2.24, 2.45) is 0 Å². The van der Waals surface area contributed by atoms with Gasteiger partial charge in [0.2, 0.25) is 0 Å². The summed E-state index contributed by atoms with van der Waals surface area (Å²) in [5.74, 6) is -0.792. The van der Waals surface area contributed by atoms with E-state index in [-0.39, 0.29) is 23.1 Å². The lowest BCUT2D eigenvalue weighted by Crippen LogP contribution is -2.59. The van der Waals surface area contributed by atoms with Crippen molar-refractivity contribution in [2.45, 2.75) is 50.6 Å². The number of ketones is 4. The maximum absolute atomic E-state index is 12.5. The Balaban J connectivity index is 2.09. The molecule has 5 nitrogen and oxygen atoms in total. The molecular weight excluding hydrogens is 421 g/mol. The van der Waals surface area contributed by atoms with Gasteiger partial charge in [-0.25, -0.2) is 0 Å². The molecule has 2 saturated carbocycles. The van der Waals surface area contributed by atoms with Crippen LogP contribution in [-0.2, 0) is 19.2 Å². The van der Waals surface area contributed by atoms with Gasteiger partial charge in [-0.1, -0.05) is 6.07 Å². The number of hydrogen-bond acceptors (Lipinski definition) is 5. The van der Waals surface area contributed by atoms with E-state index in [1.165, 1.54) is 4.90 Å². The number of halogens is 1. The van der Waals surface area contributed by atoms with Gasteiger partial charge in [-0.3, -0.25) is 19.2 Å². The van der Waals surface area contributed by atoms with Crippen molar-refractivity contribution in [3.05, 3.63) is 27.8 Å². The van der Waals surface area contributed by atoms with Crippen LogP contribution in [0.25, 0.3) is 0 Å². The zero-order chi connectivity index (χ0) is 17.3. The van der Waals surface area contributed by atoms with Gasteiger partial charge in [0.05, 0.1) is 0 Å². The number of carbonyl (C=O) groups is 4. The van der Waals surface area contributed by atoms with Crippen LogP contribution < -0.4 is 4.90 Å². The van der Waals surface area contributed by atoms with Crippen molar-refractivity contribution in [1.82, 2.24) is 0 Å². The standard InChI is InChI=1S/C18H18INO4/c19-11-4-1-5-12(10-11)20(17-13(21)6-2-7-14(17)22)18-15(23)8-3-9-16(18)24/h1,4-5,10,17-18H,2-3,6-9H2. The van der Waals surface area contributed by atoms with Crippen LogP contribution in [-0.4, -0.2) is 35.2 Å². The Morgan fingerprint density at radius 1 is 0.792 bits per heavy atom. The second-order valence-electron chi connectivity index (χ2n) is 6.26. The Labute approximate surface area is 153 Å². The molecular formula is C18H18INO4. The van der Waals surface area contributed by atoms with E-state index in [0.29, 0.717) is 44.2 Å². The first-order valence-electron chi connectivity index (χ1n) is 8.14. The van der Waals surface area contributed by atoms with Gasteiger partial charge < -0.3 is 4.90 Å². The Bertz CT molecular complexity index is 645. The maximum Gasteiger partial charge on any atom is 0.162 e. The van der Waals surface area contributed by atoms with Crippen LogP contribution in [0.5, 0.6) is 0 Å². The van der Waals surface area contributed by atoms with Crippen LogP contribution in [0, 0.1) is 3.57 Å². The third kappa shape index (κ3) is 3.29. The van der Waals surface area contributed by atoms with Gasteiger partial charge >= 0.3 is 0 Å². The number of Topliss-reactive ketones (excluding diaryl/α,β-unsaturated/α-hetero) is 4. The average molecular weight is 439 g/mol. The van der Waals surface area contributed by atoms with E-state index in [0.717, 1.165) is 3.57 Å². The van der Waals surface area contributed by atoms with E-state index in [4.69, 9.17) is 0 Å². The summed E-state index contributed by atoms with van der Waals surface area (Å²) >= 11 is 2.14. The smallest absolute Gasteiger partial charge is 0.162 e. The second kappa shape index (κ2) is 7.13. The van der Waals surface area contributed by atoms with Crippen LogP contribution in [0.1, 0.15) is 38.5 Å². The molecule has 0 N–H and O–H groups in total. The SMILES string of the molecule is O=C1CCCC(=O)C1N(c1cccc(I)c1)C1C(=O)CCCC1=O. The molecule has 3 rings (SSSR count). The highest BCUT2D eigenvalue weighted by Gasteiger charge is 2.44. The Kier molecular flexibility index (Phi) is 5.12. The largest absolute Gasteiger partial charge is 0.338 e. The minimum atomic E-state index is -1.02. The molecule has 126 valence electrons. The summed E-state index contributed by atoms with van der Waals surface area (Å²) in [5, 5.41) is 0. The van der Waals surface area contributed by atoms with E-state index in [9.17, 15) is 19.2 Å². The molecule has 0 unspecified atom stereocenters. The Hall–Kier alpha value is -1.57. The van der Waals surface area contributed by atoms with Crippen LogP contribution in [0.4, 0.5) is 5.69 Å². The molecule has 0 atom stereocenters. The van der Waals surface area contributed by atoms with E-state index in [1.54, 1.807) is 12.1 Å². The van der Waals surface area contributed by atoms with Gasteiger partial charge in [0.25, 0.3) is 0 Å². The lowest BCUT2D eigenvalue weighted by Gasteiger charge is -2.39. The van der Waals surface area contributed by atoms with Crippen LogP contribution in [0.15, 0.2) is 24.3 Å². The lowest BCUT2D eigenvalue weighted by atomic mass is 9.85. The van der Waals surface area contributed by atoms with Crippen molar-refractivity contribution in [3.63, 3.8) is 0 Å². The normalized spacial score (nSPS) is 20.5. The molecule has 1 aromatic carbocycles. The number of benzene rings is 1. The Morgan fingerprint density at radius 2 is 1.25 bits per heavy atom. The molecule has 1 aromatic rings. The van der Waals surface area contributed by atoms with Gasteiger partial charge in [0, 0.05) is 34.9 Å². The molecule has 2 aliphatic carbocycles. The van der Waals surface area contributed by atoms with Gasteiger partial charge in [-0.15, -0.1) is 0 Å². The van der Waals surface area contributed by atoms with E-state index in [1.807, 2.05) is 12.1 Å². The molecule has 2 aliphatic rings. The second-order valence-corrected chi connectivity index (χ2v) is 7.51. The van der Waals surface area contributed by atoms with Crippen LogP contribution in [0.3, 0.4) is 0 Å². The van der Waals surface area contributed by atoms with E-state index in [2.05, 4.69) is 22.6 Å². The topological polar surface area (TPSA) is 71.5 Å². The first-order valence-corrected chi connectivity index (χ1v) is 9.21. The molecule has 6 heteroatoms. The monoisotopic (exact) mass is 439 g/mol. The molecule has 24 heavy (non-hydrogen) atoms. The van der Waals surface area contributed by atoms with Crippen LogP contribution >= 0.6 is 22.6 Å². The molecule has 0 heterocycles. The summed E-state index contributed by atoms with van der Waals surface area (Å²) in [4.78, 5) is 51.4. The fourth-order valence-electron chi connectivity index (χ4n) is 3.48. The number of anilines is 1. The summed E-state index contributed by atoms with van der Waals surface area (Å²) in [6, 6.07) is 5.22. The highest BCUT2D eigenvalue weighted by molar-refractivity contribution is 14.1. The molecule has 0 bridgehead atoms. The summed E-state index contributed by atoms with van der Waals surface area (Å²) in [7, 11) is 0. The number of nitrogens with zero attached hydrogens (tertiary/aromatic N) is 1. The molecule has 0 radical (unpaired) electrons. The average Bonchev–Trinajstić information content (AvgIpc) is 2.53. The van der Waals surface area contributed by atoms with Gasteiger partial charge in [0.1, 0.15) is 12.1 Å². The van der Waals surface area contributed by atoms with E-state index < -0.39 is 12.1 Å². The van der Waals surface area contributed by atoms with E-state index >= 15 is 0 Å². The molecule has 0 aliphatic heterocycles. The highest BCUT2D eigenvalue weighted by Crippen LogP contribution is 2.30. The summed E-state index contributed by atoms with van der Waals surface area (Å²) < 4.78 is 0.918. The van der Waals surface area contributed by atoms with Gasteiger partial charge in [-0.05, 0) is 53.6 Å². The van der Waals surface area contributed by atoms with Crippen molar-refractivity contribution < 1.29 is 19.2 Å². The van der Waals surface area contributed by atoms with Crippen molar-refractivity contribution >= 4 is 51.4 Å². The zero-order valence-corrected chi connectivity index (χ0v) is 15.3. The highest BCUT2D eigenvalue weighted by atomic mass is 127. The molecule has 2 fully saturated rings. The third-order valence-corrected chi connectivity index (χ3v) is 5.25. The Morgan fingerprint density at radius 3 is 1.67 bits per heavy atom. The van der Waals surface area contributed by atoms with Crippen molar-refractivity contribution in [3.8, 4) is 0 Å². The minimum Gasteiger partial charge on any atom is -0.338 e. The number of hydrogen-bond donors (Lipinski definition) is 0. The fraction of sp³-hybridized carbons (Fsp3) is 0.444. The fourth-order valence-corrected chi connectivity index (χ4v) is 4.01. The van der Waals surface area contributed by atoms with Gasteiger partial charge in [0.15, 0.2) is 23.1 Å². The first-order chi connectivity index (χ1) is 11.5. The molecule has 0 saturated heterocycles. The summed E-state index contributed by atoms with van der Waals surface area (Å²) in [5.41, 5.74) is 0.587. The van der Waals surface area contributed by atoms with Crippen LogP contribution in [0.2, 0.25) is 0 Å². The quantitative estimate of drug-likeness (QED) is 0.535. The molecule has 0 aromatic heterocycles. The van der Waals surface area contributed by atoms with Crippen molar-refractivity contribution in [2.75, 3.05) is 4.90 Å². The number of carbonyl (C=O) groups excluding carboxylic acids is 4. The minimum absolute atomic E-state index is 0.198. The molecule has 0 amide bonds. The predicted molar refractivity (Wildman–Crippen MR) is 96.9 cm³/mol. The predicted octanol–water partition coefficient (Wildman–Crippen LogP) is 2.48. The first kappa shape index (κ1) is 17.3. The maximum atomic E-state index is 12.5.